The molecule has 2 aromatic rings. The molecule has 1 unspecified atom stereocenters. The molecule has 0 radical (unpaired) electrons. The van der Waals surface area contributed by atoms with Gasteiger partial charge in [-0.05, 0) is 30.7 Å². The Balaban J connectivity index is 2.34. The first kappa shape index (κ1) is 12.8. The van der Waals surface area contributed by atoms with E-state index < -0.39 is 0 Å². The second-order valence-electron chi connectivity index (χ2n) is 4.27. The van der Waals surface area contributed by atoms with Crippen LogP contribution < -0.4 is 0 Å². The normalized spacial score (nSPS) is 13.2. The lowest BCUT2D eigenvalue weighted by atomic mass is 10.2. The molecule has 0 aliphatic heterocycles. The Kier molecular flexibility index (Phi) is 4.01. The maximum Gasteiger partial charge on any atom is 0.128 e. The van der Waals surface area contributed by atoms with Gasteiger partial charge in [0.1, 0.15) is 15.7 Å². The van der Waals surface area contributed by atoms with Crippen molar-refractivity contribution >= 4 is 33.3 Å². The third-order valence-corrected chi connectivity index (χ3v) is 4.81. The number of aliphatic hydroxyl groups is 1. The number of aryl methyl sites for hydroxylation is 2. The molecule has 2 rings (SSSR count). The Morgan fingerprint density at radius 1 is 1.41 bits per heavy atom. The van der Waals surface area contributed by atoms with Gasteiger partial charge in [0, 0.05) is 17.7 Å². The smallest absolute Gasteiger partial charge is 0.128 e. The molecule has 0 amide bonds. The molecule has 0 saturated carbocycles. The SMILES string of the molecule is Cc1nc(SCC(C)CO)c2c(C)csc2n1. The molecule has 2 heterocycles. The molecule has 0 aliphatic rings. The molecular formula is C12H16N2OS2. The van der Waals surface area contributed by atoms with Crippen LogP contribution in [0.4, 0.5) is 0 Å². The van der Waals surface area contributed by atoms with Crippen molar-refractivity contribution in [1.82, 2.24) is 9.97 Å². The number of hydrogen-bond acceptors (Lipinski definition) is 5. The highest BCUT2D eigenvalue weighted by molar-refractivity contribution is 7.99. The van der Waals surface area contributed by atoms with Gasteiger partial charge in [-0.25, -0.2) is 9.97 Å². The molecule has 92 valence electrons. The van der Waals surface area contributed by atoms with Gasteiger partial charge in [-0.3, -0.25) is 0 Å². The number of fused-ring (bicyclic) bond motifs is 1. The number of aromatic nitrogens is 2. The summed E-state index contributed by atoms with van der Waals surface area (Å²) in [6.45, 7) is 6.28. The Morgan fingerprint density at radius 3 is 2.88 bits per heavy atom. The fourth-order valence-electron chi connectivity index (χ4n) is 1.53. The van der Waals surface area contributed by atoms with Gasteiger partial charge in [0.15, 0.2) is 0 Å². The Bertz CT molecular complexity index is 524. The average molecular weight is 268 g/mol. The monoisotopic (exact) mass is 268 g/mol. The van der Waals surface area contributed by atoms with Gasteiger partial charge in [0.25, 0.3) is 0 Å². The summed E-state index contributed by atoms with van der Waals surface area (Å²) >= 11 is 3.38. The van der Waals surface area contributed by atoms with E-state index in [9.17, 15) is 0 Å². The van der Waals surface area contributed by atoms with Gasteiger partial charge >= 0.3 is 0 Å². The van der Waals surface area contributed by atoms with Gasteiger partial charge in [-0.15, -0.1) is 23.1 Å². The Labute approximate surface area is 109 Å². The van der Waals surface area contributed by atoms with Gasteiger partial charge in [-0.1, -0.05) is 6.92 Å². The summed E-state index contributed by atoms with van der Waals surface area (Å²) in [5.74, 6) is 2.00. The van der Waals surface area contributed by atoms with Crippen LogP contribution in [-0.2, 0) is 0 Å². The number of rotatable bonds is 4. The van der Waals surface area contributed by atoms with Gasteiger partial charge < -0.3 is 5.11 Å². The summed E-state index contributed by atoms with van der Waals surface area (Å²) in [4.78, 5) is 10.0. The van der Waals surface area contributed by atoms with Crippen LogP contribution in [0.1, 0.15) is 18.3 Å². The molecule has 1 N–H and O–H groups in total. The van der Waals surface area contributed by atoms with E-state index in [-0.39, 0.29) is 6.61 Å². The predicted molar refractivity (Wildman–Crippen MR) is 73.9 cm³/mol. The molecule has 0 bridgehead atoms. The van der Waals surface area contributed by atoms with Gasteiger partial charge in [-0.2, -0.15) is 0 Å². The van der Waals surface area contributed by atoms with Crippen molar-refractivity contribution in [3.8, 4) is 0 Å². The summed E-state index contributed by atoms with van der Waals surface area (Å²) in [7, 11) is 0. The van der Waals surface area contributed by atoms with Crippen molar-refractivity contribution in [3.05, 3.63) is 16.8 Å². The summed E-state index contributed by atoms with van der Waals surface area (Å²) in [6.07, 6.45) is 0. The molecule has 0 fully saturated rings. The first-order chi connectivity index (χ1) is 8.11. The Hall–Kier alpha value is -0.650. The zero-order chi connectivity index (χ0) is 12.4. The van der Waals surface area contributed by atoms with Crippen LogP contribution in [0, 0.1) is 19.8 Å². The highest BCUT2D eigenvalue weighted by Gasteiger charge is 2.12. The lowest BCUT2D eigenvalue weighted by Gasteiger charge is -2.08. The molecule has 0 aliphatic carbocycles. The van der Waals surface area contributed by atoms with Crippen molar-refractivity contribution in [1.29, 1.82) is 0 Å². The van der Waals surface area contributed by atoms with Crippen molar-refractivity contribution in [3.63, 3.8) is 0 Å². The maximum absolute atomic E-state index is 9.05. The largest absolute Gasteiger partial charge is 0.396 e. The molecule has 1 atom stereocenters. The van der Waals surface area contributed by atoms with Crippen molar-refractivity contribution < 1.29 is 5.11 Å². The minimum atomic E-state index is 0.225. The number of aliphatic hydroxyl groups excluding tert-OH is 1. The summed E-state index contributed by atoms with van der Waals surface area (Å²) in [6, 6.07) is 0. The summed E-state index contributed by atoms with van der Waals surface area (Å²) in [5, 5.41) is 13.4. The van der Waals surface area contributed by atoms with E-state index in [1.165, 1.54) is 10.9 Å². The molecule has 0 aromatic carbocycles. The molecule has 3 nitrogen and oxygen atoms in total. The molecule has 0 spiro atoms. The van der Waals surface area contributed by atoms with Crippen LogP contribution in [0.15, 0.2) is 10.4 Å². The maximum atomic E-state index is 9.05. The highest BCUT2D eigenvalue weighted by atomic mass is 32.2. The van der Waals surface area contributed by atoms with Crippen molar-refractivity contribution in [2.75, 3.05) is 12.4 Å². The minimum absolute atomic E-state index is 0.225. The second kappa shape index (κ2) is 5.33. The van der Waals surface area contributed by atoms with Crippen molar-refractivity contribution in [2.24, 2.45) is 5.92 Å². The zero-order valence-electron chi connectivity index (χ0n) is 10.2. The van der Waals surface area contributed by atoms with E-state index in [2.05, 4.69) is 22.3 Å². The van der Waals surface area contributed by atoms with Crippen LogP contribution in [0.2, 0.25) is 0 Å². The number of thiophene rings is 1. The fraction of sp³-hybridized carbons (Fsp3) is 0.500. The Morgan fingerprint density at radius 2 is 2.18 bits per heavy atom. The van der Waals surface area contributed by atoms with Crippen LogP contribution in [0.25, 0.3) is 10.2 Å². The van der Waals surface area contributed by atoms with E-state index in [4.69, 9.17) is 5.11 Å². The fourth-order valence-corrected chi connectivity index (χ4v) is 3.70. The predicted octanol–water partition coefficient (Wildman–Crippen LogP) is 3.03. The van der Waals surface area contributed by atoms with Crippen LogP contribution in [0.5, 0.6) is 0 Å². The van der Waals surface area contributed by atoms with Crippen LogP contribution >= 0.6 is 23.1 Å². The number of thioether (sulfide) groups is 1. The third kappa shape index (κ3) is 2.78. The van der Waals surface area contributed by atoms with Crippen LogP contribution in [0.3, 0.4) is 0 Å². The first-order valence-electron chi connectivity index (χ1n) is 5.58. The summed E-state index contributed by atoms with van der Waals surface area (Å²) < 4.78 is 0. The topological polar surface area (TPSA) is 46.0 Å². The van der Waals surface area contributed by atoms with E-state index >= 15 is 0 Å². The molecule has 5 heteroatoms. The standard InChI is InChI=1S/C12H16N2OS2/c1-7(4-15)5-16-11-10-8(2)6-17-12(10)14-9(3)13-11/h6-7,15H,4-5H2,1-3H3. The molecule has 17 heavy (non-hydrogen) atoms. The molecule has 0 saturated heterocycles. The van der Waals surface area contributed by atoms with E-state index in [1.54, 1.807) is 23.1 Å². The quantitative estimate of drug-likeness (QED) is 0.684. The minimum Gasteiger partial charge on any atom is -0.396 e. The zero-order valence-corrected chi connectivity index (χ0v) is 11.9. The average Bonchev–Trinajstić information content (AvgIpc) is 2.67. The number of nitrogens with zero attached hydrogens (tertiary/aromatic N) is 2. The molecule has 2 aromatic heterocycles. The molecular weight excluding hydrogens is 252 g/mol. The van der Waals surface area contributed by atoms with E-state index in [1.807, 2.05) is 13.8 Å². The van der Waals surface area contributed by atoms with Gasteiger partial charge in [0.05, 0.1) is 0 Å². The summed E-state index contributed by atoms with van der Waals surface area (Å²) in [5.41, 5.74) is 1.24. The lowest BCUT2D eigenvalue weighted by molar-refractivity contribution is 0.250. The lowest BCUT2D eigenvalue weighted by Crippen LogP contribution is -2.04. The van der Waals surface area contributed by atoms with E-state index in [0.29, 0.717) is 5.92 Å². The van der Waals surface area contributed by atoms with E-state index in [0.717, 1.165) is 21.4 Å². The van der Waals surface area contributed by atoms with Crippen molar-refractivity contribution in [2.45, 2.75) is 25.8 Å². The number of hydrogen-bond donors (Lipinski definition) is 1. The van der Waals surface area contributed by atoms with Gasteiger partial charge in [0.2, 0.25) is 0 Å². The third-order valence-electron chi connectivity index (χ3n) is 2.51. The first-order valence-corrected chi connectivity index (χ1v) is 7.44. The highest BCUT2D eigenvalue weighted by Crippen LogP contribution is 2.32. The second-order valence-corrected chi connectivity index (χ2v) is 6.14. The van der Waals surface area contributed by atoms with Crippen LogP contribution in [-0.4, -0.2) is 27.4 Å².